The van der Waals surface area contributed by atoms with E-state index in [0.29, 0.717) is 16.7 Å². The van der Waals surface area contributed by atoms with Gasteiger partial charge in [-0.1, -0.05) is 0 Å². The molecule has 0 heterocycles. The summed E-state index contributed by atoms with van der Waals surface area (Å²) >= 11 is 0.640. The summed E-state index contributed by atoms with van der Waals surface area (Å²) in [6.45, 7) is -0.0569. The summed E-state index contributed by atoms with van der Waals surface area (Å²) in [7, 11) is -3.34. The maximum absolute atomic E-state index is 12.7. The molecule has 0 amide bonds. The third-order valence-corrected chi connectivity index (χ3v) is 4.78. The van der Waals surface area contributed by atoms with Crippen molar-refractivity contribution >= 4 is 21.6 Å². The van der Waals surface area contributed by atoms with Crippen molar-refractivity contribution in [1.82, 2.24) is 0 Å². The van der Waals surface area contributed by atoms with Crippen LogP contribution in [-0.2, 0) is 9.84 Å². The minimum Gasteiger partial charge on any atom is -0.330 e. The fourth-order valence-corrected chi connectivity index (χ4v) is 3.01. The van der Waals surface area contributed by atoms with E-state index < -0.39 is 21.3 Å². The number of thioether (sulfide) groups is 1. The number of benzene rings is 1. The SMILES string of the molecule is CS(=O)(=O)c1ccc(SC(CCN)C(F)(F)F)cc1. The van der Waals surface area contributed by atoms with E-state index in [2.05, 4.69) is 0 Å². The number of rotatable bonds is 5. The molecule has 2 N–H and O–H groups in total. The van der Waals surface area contributed by atoms with E-state index in [0.717, 1.165) is 6.26 Å². The Balaban J connectivity index is 2.87. The summed E-state index contributed by atoms with van der Waals surface area (Å²) in [5.74, 6) is 0. The van der Waals surface area contributed by atoms with Gasteiger partial charge in [-0.3, -0.25) is 0 Å². The number of sulfone groups is 1. The Bertz CT molecular complexity index is 512. The van der Waals surface area contributed by atoms with Crippen LogP contribution in [-0.4, -0.2) is 32.6 Å². The summed E-state index contributed by atoms with van der Waals surface area (Å²) in [4.78, 5) is 0.447. The highest BCUT2D eigenvalue weighted by atomic mass is 32.2. The number of halogens is 3. The highest BCUT2D eigenvalue weighted by Gasteiger charge is 2.39. The summed E-state index contributed by atoms with van der Waals surface area (Å²) in [5.41, 5.74) is 5.17. The first kappa shape index (κ1) is 16.3. The van der Waals surface area contributed by atoms with Gasteiger partial charge in [0.15, 0.2) is 9.84 Å². The van der Waals surface area contributed by atoms with Gasteiger partial charge in [-0.05, 0) is 37.2 Å². The molecule has 0 aromatic heterocycles. The van der Waals surface area contributed by atoms with Crippen molar-refractivity contribution in [2.24, 2.45) is 5.73 Å². The highest BCUT2D eigenvalue weighted by molar-refractivity contribution is 8.00. The van der Waals surface area contributed by atoms with Gasteiger partial charge in [0.2, 0.25) is 0 Å². The van der Waals surface area contributed by atoms with Crippen molar-refractivity contribution in [3.63, 3.8) is 0 Å². The third kappa shape index (κ3) is 5.04. The van der Waals surface area contributed by atoms with Crippen LogP contribution in [0.4, 0.5) is 13.2 Å². The van der Waals surface area contributed by atoms with Crippen LogP contribution in [0, 0.1) is 0 Å². The molecule has 1 atom stereocenters. The van der Waals surface area contributed by atoms with Crippen molar-refractivity contribution in [2.45, 2.75) is 27.6 Å². The van der Waals surface area contributed by atoms with E-state index in [1.165, 1.54) is 24.3 Å². The van der Waals surface area contributed by atoms with Crippen molar-refractivity contribution < 1.29 is 21.6 Å². The van der Waals surface area contributed by atoms with E-state index in [4.69, 9.17) is 5.73 Å². The second-order valence-corrected chi connectivity index (χ2v) is 7.26. The van der Waals surface area contributed by atoms with Gasteiger partial charge < -0.3 is 5.73 Å². The van der Waals surface area contributed by atoms with Crippen molar-refractivity contribution in [1.29, 1.82) is 0 Å². The van der Waals surface area contributed by atoms with E-state index in [-0.39, 0.29) is 17.9 Å². The predicted octanol–water partition coefficient (Wildman–Crippen LogP) is 2.46. The van der Waals surface area contributed by atoms with E-state index in [1.807, 2.05) is 0 Å². The van der Waals surface area contributed by atoms with Crippen molar-refractivity contribution in [3.8, 4) is 0 Å². The summed E-state index contributed by atoms with van der Waals surface area (Å²) < 4.78 is 60.5. The maximum atomic E-state index is 12.7. The molecule has 0 saturated heterocycles. The number of hydrogen-bond donors (Lipinski definition) is 1. The summed E-state index contributed by atoms with van der Waals surface area (Å²) in [6.07, 6.45) is -3.47. The second kappa shape index (κ2) is 6.15. The molecule has 8 heteroatoms. The first-order chi connectivity index (χ1) is 8.64. The number of nitrogens with two attached hydrogens (primary N) is 1. The van der Waals surface area contributed by atoms with Crippen molar-refractivity contribution in [2.75, 3.05) is 12.8 Å². The molecule has 1 unspecified atom stereocenters. The molecule has 0 bridgehead atoms. The molecule has 0 saturated carbocycles. The fraction of sp³-hybridized carbons (Fsp3) is 0.455. The van der Waals surface area contributed by atoms with Gasteiger partial charge in [-0.2, -0.15) is 13.2 Å². The van der Waals surface area contributed by atoms with Crippen LogP contribution in [0.5, 0.6) is 0 Å². The minimum atomic E-state index is -4.33. The first-order valence-electron chi connectivity index (χ1n) is 5.38. The molecule has 0 aliphatic carbocycles. The van der Waals surface area contributed by atoms with Gasteiger partial charge in [0.1, 0.15) is 5.25 Å². The van der Waals surface area contributed by atoms with Gasteiger partial charge in [0.05, 0.1) is 4.90 Å². The van der Waals surface area contributed by atoms with Gasteiger partial charge in [0.25, 0.3) is 0 Å². The Morgan fingerprint density at radius 3 is 2.16 bits per heavy atom. The molecular formula is C11H14F3NO2S2. The molecule has 0 aliphatic rings. The molecular weight excluding hydrogens is 299 g/mol. The Kier molecular flexibility index (Phi) is 5.28. The molecule has 3 nitrogen and oxygen atoms in total. The number of hydrogen-bond acceptors (Lipinski definition) is 4. The Hall–Kier alpha value is -0.730. The molecule has 0 radical (unpaired) electrons. The van der Waals surface area contributed by atoms with Gasteiger partial charge in [-0.15, -0.1) is 11.8 Å². The lowest BCUT2D eigenvalue weighted by Crippen LogP contribution is -2.28. The van der Waals surface area contributed by atoms with Crippen LogP contribution in [0.3, 0.4) is 0 Å². The average molecular weight is 313 g/mol. The van der Waals surface area contributed by atoms with E-state index in [1.54, 1.807) is 0 Å². The number of alkyl halides is 3. The highest BCUT2D eigenvalue weighted by Crippen LogP contribution is 2.37. The van der Waals surface area contributed by atoms with E-state index in [9.17, 15) is 21.6 Å². The first-order valence-corrected chi connectivity index (χ1v) is 8.15. The third-order valence-electron chi connectivity index (χ3n) is 2.32. The van der Waals surface area contributed by atoms with Gasteiger partial charge in [0, 0.05) is 11.2 Å². The zero-order valence-corrected chi connectivity index (χ0v) is 11.8. The molecule has 1 aromatic carbocycles. The topological polar surface area (TPSA) is 60.2 Å². The molecule has 1 rings (SSSR count). The minimum absolute atomic E-state index is 0.0569. The van der Waals surface area contributed by atoms with E-state index >= 15 is 0 Å². The van der Waals surface area contributed by atoms with Gasteiger partial charge >= 0.3 is 6.18 Å². The Morgan fingerprint density at radius 1 is 1.26 bits per heavy atom. The average Bonchev–Trinajstić information content (AvgIpc) is 2.26. The quantitative estimate of drug-likeness (QED) is 0.848. The predicted molar refractivity (Wildman–Crippen MR) is 68.9 cm³/mol. The van der Waals surface area contributed by atoms with Crippen LogP contribution in [0.1, 0.15) is 6.42 Å². The Morgan fingerprint density at radius 2 is 1.79 bits per heavy atom. The molecule has 0 fully saturated rings. The molecule has 108 valence electrons. The standard InChI is InChI=1S/C11H14F3NO2S2/c1-19(16,17)9-4-2-8(3-5-9)18-10(6-7-15)11(12,13)14/h2-5,10H,6-7,15H2,1H3. The zero-order chi connectivity index (χ0) is 14.7. The Labute approximate surface area is 114 Å². The molecule has 19 heavy (non-hydrogen) atoms. The van der Waals surface area contributed by atoms with Crippen LogP contribution in [0.2, 0.25) is 0 Å². The maximum Gasteiger partial charge on any atom is 0.400 e. The van der Waals surface area contributed by atoms with Crippen LogP contribution < -0.4 is 5.73 Å². The normalized spacial score (nSPS) is 14.4. The molecule has 0 spiro atoms. The summed E-state index contributed by atoms with van der Waals surface area (Å²) in [6, 6.07) is 5.34. The lowest BCUT2D eigenvalue weighted by molar-refractivity contribution is -0.129. The van der Waals surface area contributed by atoms with Crippen LogP contribution >= 0.6 is 11.8 Å². The smallest absolute Gasteiger partial charge is 0.330 e. The lowest BCUT2D eigenvalue weighted by atomic mass is 10.3. The van der Waals surface area contributed by atoms with Crippen molar-refractivity contribution in [3.05, 3.63) is 24.3 Å². The molecule has 1 aromatic rings. The monoisotopic (exact) mass is 313 g/mol. The van der Waals surface area contributed by atoms with Crippen LogP contribution in [0.25, 0.3) is 0 Å². The zero-order valence-electron chi connectivity index (χ0n) is 10.1. The van der Waals surface area contributed by atoms with Gasteiger partial charge in [-0.25, -0.2) is 8.42 Å². The largest absolute Gasteiger partial charge is 0.400 e. The lowest BCUT2D eigenvalue weighted by Gasteiger charge is -2.19. The fourth-order valence-electron chi connectivity index (χ4n) is 1.37. The van der Waals surface area contributed by atoms with Crippen LogP contribution in [0.15, 0.2) is 34.1 Å². The molecule has 0 aliphatic heterocycles. The second-order valence-electron chi connectivity index (χ2n) is 3.97. The summed E-state index contributed by atoms with van der Waals surface area (Å²) in [5, 5.41) is -1.58.